The molecule has 0 amide bonds. The van der Waals surface area contributed by atoms with Crippen LogP contribution >= 0.6 is 0 Å². The lowest BCUT2D eigenvalue weighted by Gasteiger charge is -2.28. The average molecular weight is 268 g/mol. The van der Waals surface area contributed by atoms with Crippen LogP contribution in [0.3, 0.4) is 0 Å². The van der Waals surface area contributed by atoms with Crippen molar-refractivity contribution < 1.29 is 14.3 Å². The first-order chi connectivity index (χ1) is 8.88. The van der Waals surface area contributed by atoms with Crippen molar-refractivity contribution in [1.82, 2.24) is 0 Å². The smallest absolute Gasteiger partial charge is 0.305 e. The van der Waals surface area contributed by atoms with E-state index in [1.54, 1.807) is 0 Å². The largest absolute Gasteiger partial charge is 0.465 e. The highest BCUT2D eigenvalue weighted by Gasteiger charge is 2.44. The fraction of sp³-hybridized carbons (Fsp3) is 0.938. The maximum atomic E-state index is 11.8. The molecule has 3 heteroatoms. The Morgan fingerprint density at radius 1 is 1.32 bits per heavy atom. The van der Waals surface area contributed by atoms with Crippen molar-refractivity contribution in [2.24, 2.45) is 17.3 Å². The number of carbonyl (C=O) groups excluding carboxylic acids is 1. The van der Waals surface area contributed by atoms with E-state index in [1.165, 1.54) is 0 Å². The molecular weight excluding hydrogens is 240 g/mol. The number of carbonyl (C=O) groups is 1. The molecule has 1 saturated heterocycles. The molecule has 1 saturated carbocycles. The standard InChI is InChI=1S/C16H28O3/c1-11(2)16(3,4)8-7-15(17)18-10-12-5-6-13-14(9-12)19-13/h11-14H,5-10H2,1-4H3. The average Bonchev–Trinajstić information content (AvgIpc) is 3.12. The van der Waals surface area contributed by atoms with Gasteiger partial charge in [0.25, 0.3) is 0 Å². The normalized spacial score (nSPS) is 30.1. The number of fused-ring (bicyclic) bond motifs is 1. The number of hydrogen-bond donors (Lipinski definition) is 0. The van der Waals surface area contributed by atoms with E-state index in [0.29, 0.717) is 37.1 Å². The highest BCUT2D eigenvalue weighted by molar-refractivity contribution is 5.69. The van der Waals surface area contributed by atoms with Crippen LogP contribution in [0.15, 0.2) is 0 Å². The van der Waals surface area contributed by atoms with Crippen molar-refractivity contribution in [3.8, 4) is 0 Å². The molecule has 0 N–H and O–H groups in total. The predicted molar refractivity (Wildman–Crippen MR) is 74.8 cm³/mol. The van der Waals surface area contributed by atoms with Crippen LogP contribution in [0.1, 0.15) is 59.8 Å². The summed E-state index contributed by atoms with van der Waals surface area (Å²) < 4.78 is 10.9. The molecule has 0 spiro atoms. The Hall–Kier alpha value is -0.570. The van der Waals surface area contributed by atoms with Crippen LogP contribution in [0.5, 0.6) is 0 Å². The van der Waals surface area contributed by atoms with Crippen LogP contribution in [0.2, 0.25) is 0 Å². The van der Waals surface area contributed by atoms with Crippen molar-refractivity contribution in [3.05, 3.63) is 0 Å². The van der Waals surface area contributed by atoms with Gasteiger partial charge < -0.3 is 9.47 Å². The van der Waals surface area contributed by atoms with Crippen molar-refractivity contribution >= 4 is 5.97 Å². The molecule has 110 valence electrons. The van der Waals surface area contributed by atoms with E-state index < -0.39 is 0 Å². The van der Waals surface area contributed by atoms with Gasteiger partial charge >= 0.3 is 5.97 Å². The molecule has 2 rings (SSSR count). The summed E-state index contributed by atoms with van der Waals surface area (Å²) in [5.41, 5.74) is 0.207. The number of ether oxygens (including phenoxy) is 2. The molecule has 19 heavy (non-hydrogen) atoms. The summed E-state index contributed by atoms with van der Waals surface area (Å²) >= 11 is 0. The number of rotatable bonds is 6. The van der Waals surface area contributed by atoms with E-state index in [0.717, 1.165) is 25.7 Å². The fourth-order valence-electron chi connectivity index (χ4n) is 2.63. The summed E-state index contributed by atoms with van der Waals surface area (Å²) in [7, 11) is 0. The van der Waals surface area contributed by atoms with Gasteiger partial charge in [0.15, 0.2) is 0 Å². The zero-order valence-corrected chi connectivity index (χ0v) is 12.8. The van der Waals surface area contributed by atoms with E-state index in [2.05, 4.69) is 27.7 Å². The first kappa shape index (κ1) is 14.8. The van der Waals surface area contributed by atoms with Gasteiger partial charge in [-0.3, -0.25) is 4.79 Å². The summed E-state index contributed by atoms with van der Waals surface area (Å²) in [6, 6.07) is 0. The Morgan fingerprint density at radius 3 is 2.68 bits per heavy atom. The minimum Gasteiger partial charge on any atom is -0.465 e. The monoisotopic (exact) mass is 268 g/mol. The van der Waals surface area contributed by atoms with Crippen molar-refractivity contribution in [2.75, 3.05) is 6.61 Å². The minimum atomic E-state index is -0.0347. The predicted octanol–water partition coefficient (Wildman–Crippen LogP) is 3.56. The zero-order valence-electron chi connectivity index (χ0n) is 12.8. The van der Waals surface area contributed by atoms with Crippen LogP contribution in [0.4, 0.5) is 0 Å². The van der Waals surface area contributed by atoms with Crippen molar-refractivity contribution in [2.45, 2.75) is 72.0 Å². The van der Waals surface area contributed by atoms with Crippen LogP contribution in [0.25, 0.3) is 0 Å². The lowest BCUT2D eigenvalue weighted by Crippen LogP contribution is -2.23. The lowest BCUT2D eigenvalue weighted by atomic mass is 9.77. The Morgan fingerprint density at radius 2 is 2.05 bits per heavy atom. The van der Waals surface area contributed by atoms with Crippen LogP contribution in [-0.4, -0.2) is 24.8 Å². The zero-order chi connectivity index (χ0) is 14.0. The third-order valence-corrected chi connectivity index (χ3v) is 5.13. The van der Waals surface area contributed by atoms with Gasteiger partial charge in [0, 0.05) is 6.42 Å². The summed E-state index contributed by atoms with van der Waals surface area (Å²) in [6.07, 6.45) is 5.81. The quantitative estimate of drug-likeness (QED) is 0.546. The molecule has 0 radical (unpaired) electrons. The molecule has 0 aromatic heterocycles. The highest BCUT2D eigenvalue weighted by atomic mass is 16.6. The molecule has 1 heterocycles. The molecule has 1 aliphatic carbocycles. The molecule has 3 atom stereocenters. The van der Waals surface area contributed by atoms with Gasteiger partial charge in [-0.25, -0.2) is 0 Å². The number of hydrogen-bond acceptors (Lipinski definition) is 3. The Bertz CT molecular complexity index is 322. The second kappa shape index (κ2) is 5.82. The van der Waals surface area contributed by atoms with Gasteiger partial charge in [-0.2, -0.15) is 0 Å². The minimum absolute atomic E-state index is 0.0347. The van der Waals surface area contributed by atoms with E-state index in [9.17, 15) is 4.79 Å². The molecule has 2 aliphatic rings. The van der Waals surface area contributed by atoms with Crippen molar-refractivity contribution in [3.63, 3.8) is 0 Å². The first-order valence-corrected chi connectivity index (χ1v) is 7.69. The number of esters is 1. The summed E-state index contributed by atoms with van der Waals surface area (Å²) in [5, 5.41) is 0. The molecular formula is C16H28O3. The Balaban J connectivity index is 1.61. The van der Waals surface area contributed by atoms with Crippen molar-refractivity contribution in [1.29, 1.82) is 0 Å². The summed E-state index contributed by atoms with van der Waals surface area (Å²) in [4.78, 5) is 11.8. The number of epoxide rings is 1. The van der Waals surface area contributed by atoms with Gasteiger partial charge in [-0.1, -0.05) is 27.7 Å². The van der Waals surface area contributed by atoms with Crippen LogP contribution in [0, 0.1) is 17.3 Å². The van der Waals surface area contributed by atoms with E-state index in [-0.39, 0.29) is 11.4 Å². The van der Waals surface area contributed by atoms with Gasteiger partial charge in [-0.15, -0.1) is 0 Å². The van der Waals surface area contributed by atoms with E-state index >= 15 is 0 Å². The van der Waals surface area contributed by atoms with E-state index in [4.69, 9.17) is 9.47 Å². The van der Waals surface area contributed by atoms with Crippen LogP contribution < -0.4 is 0 Å². The van der Waals surface area contributed by atoms with Gasteiger partial charge in [0.2, 0.25) is 0 Å². The Labute approximate surface area is 117 Å². The SMILES string of the molecule is CC(C)C(C)(C)CCC(=O)OCC1CCC2OC2C1. The van der Waals surface area contributed by atoms with Crippen LogP contribution in [-0.2, 0) is 14.3 Å². The third-order valence-electron chi connectivity index (χ3n) is 5.13. The second-order valence-electron chi connectivity index (χ2n) is 7.22. The molecule has 2 fully saturated rings. The first-order valence-electron chi connectivity index (χ1n) is 7.69. The summed E-state index contributed by atoms with van der Waals surface area (Å²) in [5.74, 6) is 1.07. The van der Waals surface area contributed by atoms with Gasteiger partial charge in [0.1, 0.15) is 0 Å². The lowest BCUT2D eigenvalue weighted by molar-refractivity contribution is -0.146. The second-order valence-corrected chi connectivity index (χ2v) is 7.22. The fourth-order valence-corrected chi connectivity index (χ4v) is 2.63. The van der Waals surface area contributed by atoms with E-state index in [1.807, 2.05) is 0 Å². The molecule has 3 nitrogen and oxygen atoms in total. The molecule has 0 bridgehead atoms. The summed E-state index contributed by atoms with van der Waals surface area (Å²) in [6.45, 7) is 9.44. The highest BCUT2D eigenvalue weighted by Crippen LogP contribution is 2.39. The van der Waals surface area contributed by atoms with Gasteiger partial charge in [-0.05, 0) is 42.9 Å². The maximum Gasteiger partial charge on any atom is 0.305 e. The molecule has 3 unspecified atom stereocenters. The Kier molecular flexibility index (Phi) is 4.54. The molecule has 0 aromatic rings. The maximum absolute atomic E-state index is 11.8. The van der Waals surface area contributed by atoms with Gasteiger partial charge in [0.05, 0.1) is 18.8 Å². The third kappa shape index (κ3) is 4.20. The topological polar surface area (TPSA) is 38.8 Å². The molecule has 1 aliphatic heterocycles. The molecule has 0 aromatic carbocycles.